The minimum atomic E-state index is -4.79. The molecule has 38 heavy (non-hydrogen) atoms. The Labute approximate surface area is 213 Å². The zero-order valence-electron chi connectivity index (χ0n) is 19.9. The van der Waals surface area contributed by atoms with E-state index in [-0.39, 0.29) is 6.42 Å². The van der Waals surface area contributed by atoms with Crippen molar-refractivity contribution < 1.29 is 45.8 Å². The number of nitrogens with zero attached hydrogens (tertiary/aromatic N) is 1. The van der Waals surface area contributed by atoms with Crippen molar-refractivity contribution in [3.8, 4) is 0 Å². The Morgan fingerprint density at radius 3 is 2.03 bits per heavy atom. The van der Waals surface area contributed by atoms with Crippen LogP contribution in [-0.2, 0) is 20.8 Å². The zero-order valence-corrected chi connectivity index (χ0v) is 19.9. The number of aliphatic imine (C=N–C) groups is 1. The largest absolute Gasteiger partial charge is 0.481 e. The van der Waals surface area contributed by atoms with Gasteiger partial charge < -0.3 is 10.4 Å². The fourth-order valence-electron chi connectivity index (χ4n) is 4.29. The van der Waals surface area contributed by atoms with Gasteiger partial charge in [0, 0.05) is 30.4 Å². The quantitative estimate of drug-likeness (QED) is 0.432. The van der Waals surface area contributed by atoms with Crippen molar-refractivity contribution >= 4 is 23.4 Å². The number of hydrogen-bond acceptors (Lipinski definition) is 4. The number of Topliss-reactive ketones (excluding diaryl/α,β-unsaturated/α-hetero) is 1. The van der Waals surface area contributed by atoms with Crippen molar-refractivity contribution in [3.63, 3.8) is 0 Å². The van der Waals surface area contributed by atoms with Crippen molar-refractivity contribution in [1.29, 1.82) is 0 Å². The summed E-state index contributed by atoms with van der Waals surface area (Å²) < 4.78 is 77.2. The number of halogens is 6. The minimum absolute atomic E-state index is 0.190. The monoisotopic (exact) mass is 542 g/mol. The van der Waals surface area contributed by atoms with Gasteiger partial charge in [0.05, 0.1) is 17.5 Å². The van der Waals surface area contributed by atoms with E-state index in [0.717, 1.165) is 0 Å². The van der Waals surface area contributed by atoms with Crippen LogP contribution in [0, 0.1) is 11.8 Å². The molecule has 3 atom stereocenters. The first-order valence-electron chi connectivity index (χ1n) is 11.7. The highest BCUT2D eigenvalue weighted by molar-refractivity contribution is 6.16. The van der Waals surface area contributed by atoms with E-state index >= 15 is 0 Å². The molecule has 1 aliphatic heterocycles. The molecule has 0 saturated carbocycles. The summed E-state index contributed by atoms with van der Waals surface area (Å²) in [4.78, 5) is 42.3. The normalized spacial score (nSPS) is 17.6. The van der Waals surface area contributed by atoms with Gasteiger partial charge in [0.25, 0.3) is 0 Å². The van der Waals surface area contributed by atoms with Crippen molar-refractivity contribution in [2.45, 2.75) is 50.6 Å². The summed E-state index contributed by atoms with van der Waals surface area (Å²) in [6.07, 6.45) is -16.7. The van der Waals surface area contributed by atoms with Gasteiger partial charge in [-0.05, 0) is 18.4 Å². The number of carbonyl (C=O) groups excluding carboxylic acids is 2. The maximum Gasteiger partial charge on any atom is 0.389 e. The number of alkyl halides is 6. The van der Waals surface area contributed by atoms with Crippen molar-refractivity contribution in [3.05, 3.63) is 71.3 Å². The van der Waals surface area contributed by atoms with Crippen LogP contribution < -0.4 is 5.32 Å². The molecule has 0 fully saturated rings. The van der Waals surface area contributed by atoms with E-state index in [9.17, 15) is 45.8 Å². The first-order valence-corrected chi connectivity index (χ1v) is 11.7. The standard InChI is InChI=1S/C26H24F6N2O4/c27-25(28,29)12-10-18(19(24(37)38)11-13-26(30,31)32)23(36)34-22-20(35)14-16-8-4-5-9-17(16)21(33-22)15-6-2-1-3-7-15/h1-9,18-19,22H,10-14H2,(H,34,36)(H,37,38)/t18-,19+,22-/m1/s1. The summed E-state index contributed by atoms with van der Waals surface area (Å²) >= 11 is 0. The Morgan fingerprint density at radius 1 is 0.895 bits per heavy atom. The lowest BCUT2D eigenvalue weighted by atomic mass is 9.84. The van der Waals surface area contributed by atoms with E-state index in [1.807, 2.05) is 0 Å². The summed E-state index contributed by atoms with van der Waals surface area (Å²) in [5.41, 5.74) is 2.07. The number of carbonyl (C=O) groups is 3. The van der Waals surface area contributed by atoms with Gasteiger partial charge in [0.15, 0.2) is 11.9 Å². The molecule has 12 heteroatoms. The zero-order chi connectivity index (χ0) is 28.1. The lowest BCUT2D eigenvalue weighted by Gasteiger charge is -2.25. The molecule has 0 saturated heterocycles. The Bertz CT molecular complexity index is 1190. The van der Waals surface area contributed by atoms with Crippen LogP contribution in [0.2, 0.25) is 0 Å². The Hall–Kier alpha value is -3.70. The molecule has 0 spiro atoms. The van der Waals surface area contributed by atoms with Crippen LogP contribution in [0.4, 0.5) is 26.3 Å². The number of benzene rings is 2. The number of fused-ring (bicyclic) bond motifs is 1. The van der Waals surface area contributed by atoms with Gasteiger partial charge in [-0.1, -0.05) is 54.6 Å². The molecule has 2 N–H and O–H groups in total. The molecule has 2 aromatic rings. The van der Waals surface area contributed by atoms with Gasteiger partial charge in [-0.3, -0.25) is 19.4 Å². The molecule has 1 heterocycles. The molecule has 0 aliphatic carbocycles. The van der Waals surface area contributed by atoms with Gasteiger partial charge in [-0.25, -0.2) is 0 Å². The molecule has 1 aliphatic rings. The number of ketones is 1. The lowest BCUT2D eigenvalue weighted by molar-refractivity contribution is -0.159. The maximum absolute atomic E-state index is 13.1. The van der Waals surface area contributed by atoms with Gasteiger partial charge >= 0.3 is 18.3 Å². The third kappa shape index (κ3) is 7.90. The second kappa shape index (κ2) is 11.8. The van der Waals surface area contributed by atoms with E-state index < -0.39 is 73.7 Å². The van der Waals surface area contributed by atoms with Crippen molar-refractivity contribution in [2.24, 2.45) is 16.8 Å². The van der Waals surface area contributed by atoms with E-state index in [1.165, 1.54) is 0 Å². The predicted molar refractivity (Wildman–Crippen MR) is 124 cm³/mol. The third-order valence-corrected chi connectivity index (χ3v) is 6.14. The first-order chi connectivity index (χ1) is 17.7. The van der Waals surface area contributed by atoms with E-state index in [1.54, 1.807) is 54.6 Å². The first kappa shape index (κ1) is 28.9. The number of nitrogens with one attached hydrogen (secondary N) is 1. The minimum Gasteiger partial charge on any atom is -0.481 e. The molecular formula is C26H24F6N2O4. The summed E-state index contributed by atoms with van der Waals surface area (Å²) in [5, 5.41) is 11.7. The van der Waals surface area contributed by atoms with E-state index in [0.29, 0.717) is 22.4 Å². The summed E-state index contributed by atoms with van der Waals surface area (Å²) in [5.74, 6) is -7.79. The smallest absolute Gasteiger partial charge is 0.389 e. The summed E-state index contributed by atoms with van der Waals surface area (Å²) in [7, 11) is 0. The number of aliphatic carboxylic acids is 1. The fourth-order valence-corrected chi connectivity index (χ4v) is 4.29. The number of amides is 1. The van der Waals surface area contributed by atoms with Crippen LogP contribution in [0.1, 0.15) is 42.4 Å². The average molecular weight is 542 g/mol. The van der Waals surface area contributed by atoms with Gasteiger partial charge in [0.1, 0.15) is 0 Å². The molecule has 1 amide bonds. The molecule has 204 valence electrons. The van der Waals surface area contributed by atoms with Crippen molar-refractivity contribution in [1.82, 2.24) is 5.32 Å². The number of carboxylic acids is 1. The highest BCUT2D eigenvalue weighted by Crippen LogP contribution is 2.33. The molecule has 0 radical (unpaired) electrons. The second-order valence-corrected chi connectivity index (χ2v) is 8.91. The molecular weight excluding hydrogens is 518 g/mol. The van der Waals surface area contributed by atoms with Crippen LogP contribution in [0.5, 0.6) is 0 Å². The van der Waals surface area contributed by atoms with Crippen LogP contribution >= 0.6 is 0 Å². The third-order valence-electron chi connectivity index (χ3n) is 6.14. The average Bonchev–Trinajstić information content (AvgIpc) is 2.96. The number of rotatable bonds is 9. The van der Waals surface area contributed by atoms with Crippen LogP contribution in [-0.4, -0.2) is 47.0 Å². The number of hydrogen-bond donors (Lipinski definition) is 2. The van der Waals surface area contributed by atoms with Crippen molar-refractivity contribution in [2.75, 3.05) is 0 Å². The molecule has 3 rings (SSSR count). The maximum atomic E-state index is 13.1. The Kier molecular flexibility index (Phi) is 8.95. The Balaban J connectivity index is 1.96. The molecule has 0 unspecified atom stereocenters. The molecule has 6 nitrogen and oxygen atoms in total. The van der Waals surface area contributed by atoms with E-state index in [4.69, 9.17) is 0 Å². The Morgan fingerprint density at radius 2 is 1.45 bits per heavy atom. The fraction of sp³-hybridized carbons (Fsp3) is 0.385. The highest BCUT2D eigenvalue weighted by atomic mass is 19.4. The molecule has 0 bridgehead atoms. The van der Waals surface area contributed by atoms with Gasteiger partial charge in [-0.15, -0.1) is 0 Å². The number of carboxylic acid groups (broad SMARTS) is 1. The second-order valence-electron chi connectivity index (χ2n) is 8.91. The van der Waals surface area contributed by atoms with Gasteiger partial charge in [0.2, 0.25) is 5.91 Å². The van der Waals surface area contributed by atoms with Crippen LogP contribution in [0.25, 0.3) is 0 Å². The summed E-state index contributed by atoms with van der Waals surface area (Å²) in [6, 6.07) is 15.4. The van der Waals surface area contributed by atoms with Crippen LogP contribution in [0.15, 0.2) is 59.6 Å². The highest BCUT2D eigenvalue weighted by Gasteiger charge is 2.41. The topological polar surface area (TPSA) is 95.8 Å². The summed E-state index contributed by atoms with van der Waals surface area (Å²) in [6.45, 7) is 0. The van der Waals surface area contributed by atoms with Gasteiger partial charge in [-0.2, -0.15) is 26.3 Å². The molecule has 2 aromatic carbocycles. The lowest BCUT2D eigenvalue weighted by Crippen LogP contribution is -2.46. The SMILES string of the molecule is O=C1Cc2ccccc2C(c2ccccc2)=N[C@@H]1NC(=O)[C@H](CCC(F)(F)F)[C@H](CCC(F)(F)F)C(=O)O. The molecule has 0 aromatic heterocycles. The van der Waals surface area contributed by atoms with Crippen LogP contribution in [0.3, 0.4) is 0 Å². The predicted octanol–water partition coefficient (Wildman–Crippen LogP) is 5.09. The van der Waals surface area contributed by atoms with E-state index in [2.05, 4.69) is 10.3 Å².